The Hall–Kier alpha value is -3.51. The van der Waals surface area contributed by atoms with Crippen LogP contribution in [0.2, 0.25) is 0 Å². The quantitative estimate of drug-likeness (QED) is 0.376. The van der Waals surface area contributed by atoms with Crippen molar-refractivity contribution in [3.63, 3.8) is 0 Å². The minimum Gasteiger partial charge on any atom is -0.378 e. The van der Waals surface area contributed by atoms with Gasteiger partial charge in [0.25, 0.3) is 5.91 Å². The zero-order chi connectivity index (χ0) is 24.3. The van der Waals surface area contributed by atoms with Gasteiger partial charge in [0, 0.05) is 43.8 Å². The number of benzene rings is 1. The van der Waals surface area contributed by atoms with E-state index in [4.69, 9.17) is 9.72 Å². The maximum Gasteiger partial charge on any atom is 0.257 e. The van der Waals surface area contributed by atoms with E-state index in [0.717, 1.165) is 28.8 Å². The molecule has 4 aromatic rings. The van der Waals surface area contributed by atoms with E-state index in [1.54, 1.807) is 6.20 Å². The van der Waals surface area contributed by atoms with Crippen molar-refractivity contribution in [1.29, 1.82) is 0 Å². The second-order valence-electron chi connectivity index (χ2n) is 10.0. The second-order valence-corrected chi connectivity index (χ2v) is 10.0. The van der Waals surface area contributed by atoms with E-state index in [1.165, 1.54) is 31.2 Å². The Morgan fingerprint density at radius 1 is 0.944 bits per heavy atom. The fourth-order valence-electron chi connectivity index (χ4n) is 5.77. The number of rotatable bonds is 5. The van der Waals surface area contributed by atoms with Crippen LogP contribution < -0.4 is 0 Å². The van der Waals surface area contributed by atoms with Crippen LogP contribution in [-0.2, 0) is 11.3 Å². The van der Waals surface area contributed by atoms with Crippen LogP contribution in [0.4, 0.5) is 0 Å². The molecule has 6 heteroatoms. The molecule has 0 atom stereocenters. The Morgan fingerprint density at radius 2 is 1.72 bits per heavy atom. The standard InChI is InChI=1S/C30H32N4O2/c35-30(33-14-16-36-17-15-33)26-21-34(20-22-9-11-24(12-10-22)23-6-2-1-3-7-23)28-18-25(19-32-29(26)28)27-8-4-5-13-31-27/h1-8,13,18-19,21-22,24H,9-12,14-17,20H2. The molecule has 0 unspecified atom stereocenters. The maximum atomic E-state index is 13.5. The van der Waals surface area contributed by atoms with Crippen LogP contribution in [0.5, 0.6) is 0 Å². The number of fused-ring (bicyclic) bond motifs is 1. The molecule has 0 bridgehead atoms. The summed E-state index contributed by atoms with van der Waals surface area (Å²) in [4.78, 5) is 24.7. The summed E-state index contributed by atoms with van der Waals surface area (Å²) in [5, 5.41) is 0. The van der Waals surface area contributed by atoms with Crippen LogP contribution in [0.1, 0.15) is 47.5 Å². The van der Waals surface area contributed by atoms with Gasteiger partial charge < -0.3 is 14.2 Å². The molecule has 0 spiro atoms. The first-order chi connectivity index (χ1) is 17.8. The number of hydrogen-bond acceptors (Lipinski definition) is 4. The van der Waals surface area contributed by atoms with Crippen molar-refractivity contribution in [2.75, 3.05) is 26.3 Å². The van der Waals surface area contributed by atoms with Crippen molar-refractivity contribution >= 4 is 16.9 Å². The monoisotopic (exact) mass is 480 g/mol. The van der Waals surface area contributed by atoms with Crippen LogP contribution in [0.25, 0.3) is 22.3 Å². The molecule has 0 radical (unpaired) electrons. The summed E-state index contributed by atoms with van der Waals surface area (Å²) >= 11 is 0. The molecule has 36 heavy (non-hydrogen) atoms. The molecule has 1 amide bonds. The highest BCUT2D eigenvalue weighted by molar-refractivity contribution is 6.06. The van der Waals surface area contributed by atoms with Crippen molar-refractivity contribution in [2.45, 2.75) is 38.1 Å². The zero-order valence-electron chi connectivity index (χ0n) is 20.6. The highest BCUT2D eigenvalue weighted by Gasteiger charge is 2.27. The predicted molar refractivity (Wildman–Crippen MR) is 141 cm³/mol. The fraction of sp³-hybridized carbons (Fsp3) is 0.367. The van der Waals surface area contributed by atoms with E-state index in [0.29, 0.717) is 43.7 Å². The van der Waals surface area contributed by atoms with Gasteiger partial charge >= 0.3 is 0 Å². The molecule has 1 aliphatic carbocycles. The van der Waals surface area contributed by atoms with E-state index in [9.17, 15) is 4.79 Å². The summed E-state index contributed by atoms with van der Waals surface area (Å²) < 4.78 is 7.74. The molecular weight excluding hydrogens is 448 g/mol. The van der Waals surface area contributed by atoms with Gasteiger partial charge in [-0.25, -0.2) is 0 Å². The largest absolute Gasteiger partial charge is 0.378 e. The molecule has 2 aliphatic rings. The number of nitrogens with zero attached hydrogens (tertiary/aromatic N) is 4. The molecule has 184 valence electrons. The van der Waals surface area contributed by atoms with E-state index in [1.807, 2.05) is 35.5 Å². The highest BCUT2D eigenvalue weighted by Crippen LogP contribution is 2.37. The third kappa shape index (κ3) is 4.65. The third-order valence-corrected chi connectivity index (χ3v) is 7.78. The maximum absolute atomic E-state index is 13.5. The van der Waals surface area contributed by atoms with Gasteiger partial charge in [-0.05, 0) is 61.3 Å². The second kappa shape index (κ2) is 10.2. The summed E-state index contributed by atoms with van der Waals surface area (Å²) in [6.45, 7) is 3.34. The minimum atomic E-state index is 0.0490. The minimum absolute atomic E-state index is 0.0490. The zero-order valence-corrected chi connectivity index (χ0v) is 20.6. The van der Waals surface area contributed by atoms with E-state index in [-0.39, 0.29) is 5.91 Å². The van der Waals surface area contributed by atoms with Crippen molar-refractivity contribution in [1.82, 2.24) is 19.4 Å². The number of ether oxygens (including phenoxy) is 1. The highest BCUT2D eigenvalue weighted by atomic mass is 16.5. The Labute approximate surface area is 211 Å². The Balaban J connectivity index is 1.29. The SMILES string of the molecule is O=C(c1cn(CC2CCC(c3ccccc3)CC2)c2cc(-c3ccccn3)cnc12)N1CCOCC1. The molecule has 2 fully saturated rings. The van der Waals surface area contributed by atoms with Crippen molar-refractivity contribution in [3.8, 4) is 11.3 Å². The molecule has 1 aliphatic heterocycles. The number of morpholine rings is 1. The van der Waals surface area contributed by atoms with Crippen LogP contribution in [-0.4, -0.2) is 51.6 Å². The van der Waals surface area contributed by atoms with Gasteiger partial charge in [-0.15, -0.1) is 0 Å². The molecule has 0 N–H and O–H groups in total. The lowest BCUT2D eigenvalue weighted by Gasteiger charge is -2.29. The first-order valence-corrected chi connectivity index (χ1v) is 13.1. The van der Waals surface area contributed by atoms with Gasteiger partial charge in [-0.1, -0.05) is 36.4 Å². The molecule has 1 saturated carbocycles. The van der Waals surface area contributed by atoms with Gasteiger partial charge in [0.05, 0.1) is 30.0 Å². The van der Waals surface area contributed by atoms with Gasteiger partial charge in [0.1, 0.15) is 5.52 Å². The summed E-state index contributed by atoms with van der Waals surface area (Å²) in [6, 6.07) is 19.0. The lowest BCUT2D eigenvalue weighted by atomic mass is 9.78. The molecular formula is C30H32N4O2. The average molecular weight is 481 g/mol. The summed E-state index contributed by atoms with van der Waals surface area (Å²) in [6.07, 6.45) is 10.5. The Morgan fingerprint density at radius 3 is 2.47 bits per heavy atom. The van der Waals surface area contributed by atoms with Crippen LogP contribution in [0, 0.1) is 5.92 Å². The normalized spacial score (nSPS) is 20.5. The Bertz CT molecular complexity index is 1320. The number of pyridine rings is 2. The number of amides is 1. The summed E-state index contributed by atoms with van der Waals surface area (Å²) in [5.41, 5.74) is 5.82. The predicted octanol–water partition coefficient (Wildman–Crippen LogP) is 5.54. The fourth-order valence-corrected chi connectivity index (χ4v) is 5.77. The molecule has 6 nitrogen and oxygen atoms in total. The van der Waals surface area contributed by atoms with Crippen molar-refractivity contribution in [2.24, 2.45) is 5.92 Å². The molecule has 4 heterocycles. The van der Waals surface area contributed by atoms with Crippen LogP contribution in [0.15, 0.2) is 73.2 Å². The molecule has 1 aromatic carbocycles. The smallest absolute Gasteiger partial charge is 0.257 e. The third-order valence-electron chi connectivity index (χ3n) is 7.78. The summed E-state index contributed by atoms with van der Waals surface area (Å²) in [5.74, 6) is 1.29. The van der Waals surface area contributed by atoms with Crippen LogP contribution >= 0.6 is 0 Å². The van der Waals surface area contributed by atoms with Gasteiger partial charge in [-0.3, -0.25) is 14.8 Å². The van der Waals surface area contributed by atoms with Crippen molar-refractivity contribution in [3.05, 3.63) is 84.3 Å². The van der Waals surface area contributed by atoms with E-state index >= 15 is 0 Å². The first-order valence-electron chi connectivity index (χ1n) is 13.1. The molecule has 3 aromatic heterocycles. The molecule has 6 rings (SSSR count). The Kier molecular flexibility index (Phi) is 6.51. The summed E-state index contributed by atoms with van der Waals surface area (Å²) in [7, 11) is 0. The van der Waals surface area contributed by atoms with Crippen molar-refractivity contribution < 1.29 is 9.53 Å². The number of carbonyl (C=O) groups excluding carboxylic acids is 1. The average Bonchev–Trinajstić information content (AvgIpc) is 3.32. The van der Waals surface area contributed by atoms with Gasteiger partial charge in [-0.2, -0.15) is 0 Å². The van der Waals surface area contributed by atoms with E-state index < -0.39 is 0 Å². The number of aromatic nitrogens is 3. The first kappa shape index (κ1) is 22.9. The number of carbonyl (C=O) groups is 1. The van der Waals surface area contributed by atoms with Gasteiger partial charge in [0.2, 0.25) is 0 Å². The lowest BCUT2D eigenvalue weighted by molar-refractivity contribution is 0.0304. The number of hydrogen-bond donors (Lipinski definition) is 0. The van der Waals surface area contributed by atoms with Gasteiger partial charge in [0.15, 0.2) is 0 Å². The van der Waals surface area contributed by atoms with E-state index in [2.05, 4.69) is 45.9 Å². The molecule has 1 saturated heterocycles. The lowest BCUT2D eigenvalue weighted by Crippen LogP contribution is -2.40. The topological polar surface area (TPSA) is 60.2 Å². The van der Waals surface area contributed by atoms with Crippen LogP contribution in [0.3, 0.4) is 0 Å².